The van der Waals surface area contributed by atoms with Crippen LogP contribution in [0.2, 0.25) is 0 Å². The van der Waals surface area contributed by atoms with Crippen LogP contribution in [-0.2, 0) is 16.4 Å². The summed E-state index contributed by atoms with van der Waals surface area (Å²) in [5, 5.41) is 1.08. The molecule has 132 valence electrons. The molecule has 0 aliphatic carbocycles. The van der Waals surface area contributed by atoms with Gasteiger partial charge >= 0.3 is 0 Å². The van der Waals surface area contributed by atoms with E-state index in [9.17, 15) is 8.42 Å². The van der Waals surface area contributed by atoms with Gasteiger partial charge in [-0.2, -0.15) is 12.2 Å². The number of hydrogen-bond acceptors (Lipinski definition) is 3. The van der Waals surface area contributed by atoms with Crippen LogP contribution in [0.4, 0.5) is 5.69 Å². The average Bonchev–Trinajstić information content (AvgIpc) is 3.02. The van der Waals surface area contributed by atoms with Crippen LogP contribution >= 0.6 is 11.8 Å². The first-order chi connectivity index (χ1) is 11.9. The summed E-state index contributed by atoms with van der Waals surface area (Å²) in [7, 11) is 0.272. The number of hydrogen-bond donors (Lipinski definition) is 1. The van der Waals surface area contributed by atoms with E-state index in [1.165, 1.54) is 17.7 Å². The molecule has 25 heavy (non-hydrogen) atoms. The minimum absolute atomic E-state index is 0.156. The van der Waals surface area contributed by atoms with Crippen LogP contribution in [0.25, 0.3) is 10.9 Å². The van der Waals surface area contributed by atoms with Gasteiger partial charge in [0.25, 0.3) is 10.0 Å². The predicted octanol–water partition coefficient (Wildman–Crippen LogP) is 3.62. The number of fused-ring (bicyclic) bond motifs is 1. The van der Waals surface area contributed by atoms with E-state index in [1.54, 1.807) is 30.3 Å². The number of likely N-dealkylation sites (N-methyl/N-ethyl adjacent to an activating group) is 1. The molecule has 3 rings (SSSR count). The number of H-pyrrole nitrogens is 1. The number of aromatic nitrogens is 1. The second kappa shape index (κ2) is 7.07. The lowest BCUT2D eigenvalue weighted by Crippen LogP contribution is -2.21. The Morgan fingerprint density at radius 3 is 2.48 bits per heavy atom. The van der Waals surface area contributed by atoms with E-state index in [0.717, 1.165) is 27.7 Å². The minimum Gasteiger partial charge on any atom is -0.361 e. The number of benzene rings is 2. The number of rotatable bonds is 6. The Morgan fingerprint density at radius 1 is 1.08 bits per heavy atom. The Morgan fingerprint density at radius 2 is 1.80 bits per heavy atom. The zero-order chi connectivity index (χ0) is 18.0. The highest BCUT2D eigenvalue weighted by molar-refractivity contribution is 7.94. The molecule has 7 heteroatoms. The highest BCUT2D eigenvalue weighted by Crippen LogP contribution is 2.29. The van der Waals surface area contributed by atoms with Crippen LogP contribution in [0.1, 0.15) is 5.56 Å². The molecule has 5 nitrogen and oxygen atoms in total. The molecule has 2 aromatic carbocycles. The van der Waals surface area contributed by atoms with Gasteiger partial charge in [-0.25, -0.2) is 0 Å². The van der Waals surface area contributed by atoms with Crippen molar-refractivity contribution in [3.05, 3.63) is 60.3 Å². The number of anilines is 1. The van der Waals surface area contributed by atoms with Crippen LogP contribution in [0.5, 0.6) is 0 Å². The maximum atomic E-state index is 12.6. The summed E-state index contributed by atoms with van der Waals surface area (Å²) in [5.41, 5.74) is 2.46. The van der Waals surface area contributed by atoms with Crippen LogP contribution in [0.15, 0.2) is 59.6 Å². The van der Waals surface area contributed by atoms with E-state index >= 15 is 0 Å². The summed E-state index contributed by atoms with van der Waals surface area (Å²) < 4.78 is 26.1. The molecular formula is C18H20ClN3O2S. The van der Waals surface area contributed by atoms with Crippen molar-refractivity contribution in [1.29, 1.82) is 0 Å². The van der Waals surface area contributed by atoms with Crippen molar-refractivity contribution in [1.82, 2.24) is 9.88 Å². The molecule has 0 spiro atoms. The summed E-state index contributed by atoms with van der Waals surface area (Å²) >= 11 is 6.17. The zero-order valence-corrected chi connectivity index (χ0v) is 15.7. The fraction of sp³-hybridized carbons (Fsp3) is 0.222. The number of sulfonamides is 1. The molecule has 0 saturated heterocycles. The predicted molar refractivity (Wildman–Crippen MR) is 103 cm³/mol. The summed E-state index contributed by atoms with van der Waals surface area (Å²) in [4.78, 5) is 5.48. The fourth-order valence-corrected chi connectivity index (χ4v) is 4.08. The van der Waals surface area contributed by atoms with E-state index < -0.39 is 10.0 Å². The molecule has 1 heterocycles. The zero-order valence-electron chi connectivity index (χ0n) is 14.1. The molecule has 0 aliphatic heterocycles. The van der Waals surface area contributed by atoms with E-state index in [4.69, 9.17) is 11.8 Å². The van der Waals surface area contributed by atoms with Crippen molar-refractivity contribution < 1.29 is 8.42 Å². The Hall–Kier alpha value is -2.02. The fourth-order valence-electron chi connectivity index (χ4n) is 2.66. The van der Waals surface area contributed by atoms with Crippen molar-refractivity contribution in [3.63, 3.8) is 0 Å². The third kappa shape index (κ3) is 3.66. The van der Waals surface area contributed by atoms with E-state index in [-0.39, 0.29) is 4.90 Å². The Labute approximate surface area is 153 Å². The van der Waals surface area contributed by atoms with Gasteiger partial charge in [-0.15, -0.1) is 0 Å². The van der Waals surface area contributed by atoms with Gasteiger partial charge in [0, 0.05) is 35.4 Å². The van der Waals surface area contributed by atoms with E-state index in [2.05, 4.69) is 9.88 Å². The monoisotopic (exact) mass is 377 g/mol. The summed E-state index contributed by atoms with van der Waals surface area (Å²) in [6, 6.07) is 13.5. The molecule has 1 aromatic heterocycles. The number of halogens is 1. The van der Waals surface area contributed by atoms with Crippen molar-refractivity contribution in [2.24, 2.45) is 0 Å². The van der Waals surface area contributed by atoms with Gasteiger partial charge in [-0.05, 0) is 50.3 Å². The van der Waals surface area contributed by atoms with Gasteiger partial charge in [-0.3, -0.25) is 0 Å². The molecule has 0 unspecified atom stereocenters. The molecule has 0 saturated carbocycles. The highest BCUT2D eigenvalue weighted by atomic mass is 35.5. The Kier molecular flexibility index (Phi) is 5.03. The largest absolute Gasteiger partial charge is 0.361 e. The van der Waals surface area contributed by atoms with Crippen LogP contribution < -0.4 is 3.82 Å². The minimum atomic E-state index is -3.80. The number of nitrogens with one attached hydrogen (secondary N) is 1. The molecular weight excluding hydrogens is 358 g/mol. The van der Waals surface area contributed by atoms with Gasteiger partial charge in [0.1, 0.15) is 0 Å². The SMILES string of the molecule is CN(C)CCc1c[nH]c2cc(N(Cl)S(=O)(=O)c3ccccc3)ccc12. The van der Waals surface area contributed by atoms with Crippen LogP contribution in [-0.4, -0.2) is 38.9 Å². The van der Waals surface area contributed by atoms with Gasteiger partial charge < -0.3 is 9.88 Å². The molecule has 0 bridgehead atoms. The smallest absolute Gasteiger partial charge is 0.278 e. The third-order valence-electron chi connectivity index (χ3n) is 4.03. The standard InChI is InChI=1S/C18H20ClN3O2S/c1-21(2)11-10-14-13-20-18-12-15(8-9-17(14)18)22(19)25(23,24)16-6-4-3-5-7-16/h3-9,12-13,20H,10-11H2,1-2H3. The molecule has 0 aliphatic rings. The normalized spacial score (nSPS) is 12.0. The van der Waals surface area contributed by atoms with Crippen molar-refractivity contribution >= 4 is 38.4 Å². The van der Waals surface area contributed by atoms with Gasteiger partial charge in [-0.1, -0.05) is 24.3 Å². The molecule has 0 fully saturated rings. The van der Waals surface area contributed by atoms with Crippen molar-refractivity contribution in [2.75, 3.05) is 24.5 Å². The second-order valence-corrected chi connectivity index (χ2v) is 8.46. The van der Waals surface area contributed by atoms with Gasteiger partial charge in [0.15, 0.2) is 0 Å². The molecule has 1 N–H and O–H groups in total. The molecule has 0 amide bonds. The molecule has 0 atom stereocenters. The summed E-state index contributed by atoms with van der Waals surface area (Å²) in [6.45, 7) is 0.943. The van der Waals surface area contributed by atoms with Gasteiger partial charge in [0.05, 0.1) is 10.6 Å². The first kappa shape index (κ1) is 17.8. The Bertz CT molecular complexity index is 968. The van der Waals surface area contributed by atoms with E-state index in [0.29, 0.717) is 5.69 Å². The second-order valence-electron chi connectivity index (χ2n) is 6.13. The highest BCUT2D eigenvalue weighted by Gasteiger charge is 2.23. The third-order valence-corrected chi connectivity index (χ3v) is 6.28. The Balaban J connectivity index is 1.92. The lowest BCUT2D eigenvalue weighted by Gasteiger charge is -2.16. The summed E-state index contributed by atoms with van der Waals surface area (Å²) in [5.74, 6) is 0. The first-order valence-corrected chi connectivity index (χ1v) is 9.68. The topological polar surface area (TPSA) is 56.4 Å². The summed E-state index contributed by atoms with van der Waals surface area (Å²) in [6.07, 6.45) is 2.88. The number of nitrogens with zero attached hydrogens (tertiary/aromatic N) is 2. The first-order valence-electron chi connectivity index (χ1n) is 7.90. The van der Waals surface area contributed by atoms with Crippen LogP contribution in [0.3, 0.4) is 0 Å². The molecule has 0 radical (unpaired) electrons. The lowest BCUT2D eigenvalue weighted by atomic mass is 10.1. The van der Waals surface area contributed by atoms with E-state index in [1.807, 2.05) is 26.4 Å². The quantitative estimate of drug-likeness (QED) is 0.667. The number of aromatic amines is 1. The van der Waals surface area contributed by atoms with Gasteiger partial charge in [0.2, 0.25) is 0 Å². The average molecular weight is 378 g/mol. The maximum absolute atomic E-state index is 12.6. The lowest BCUT2D eigenvalue weighted by molar-refractivity contribution is 0.414. The van der Waals surface area contributed by atoms with Crippen LogP contribution in [0, 0.1) is 0 Å². The maximum Gasteiger partial charge on any atom is 0.278 e. The van der Waals surface area contributed by atoms with Crippen molar-refractivity contribution in [2.45, 2.75) is 11.3 Å². The molecule has 3 aromatic rings. The van der Waals surface area contributed by atoms with Crippen molar-refractivity contribution in [3.8, 4) is 0 Å².